The molecule has 0 heterocycles. The largest absolute Gasteiger partial charge is 0.491 e. The Morgan fingerprint density at radius 3 is 2.53 bits per heavy atom. The summed E-state index contributed by atoms with van der Waals surface area (Å²) in [7, 11) is 0. The summed E-state index contributed by atoms with van der Waals surface area (Å²) in [6.45, 7) is 8.91. The number of rotatable bonds is 4. The quantitative estimate of drug-likeness (QED) is 0.842. The van der Waals surface area contributed by atoms with Gasteiger partial charge in [-0.3, -0.25) is 0 Å². The highest BCUT2D eigenvalue weighted by Gasteiger charge is 2.19. The molecule has 1 atom stereocenters. The molecular formula is C14H23NO2. The van der Waals surface area contributed by atoms with Crippen LogP contribution in [0.25, 0.3) is 0 Å². The second-order valence-corrected chi connectivity index (χ2v) is 5.45. The number of benzene rings is 1. The molecule has 0 saturated heterocycles. The van der Waals surface area contributed by atoms with Gasteiger partial charge in [-0.05, 0) is 29.5 Å². The Hall–Kier alpha value is -1.06. The predicted molar refractivity (Wildman–Crippen MR) is 70.4 cm³/mol. The minimum Gasteiger partial charge on any atom is -0.491 e. The van der Waals surface area contributed by atoms with Crippen LogP contribution in [0.4, 0.5) is 0 Å². The fourth-order valence-electron chi connectivity index (χ4n) is 1.62. The molecule has 1 aromatic rings. The first-order valence-electron chi connectivity index (χ1n) is 5.96. The number of aliphatic hydroxyl groups is 1. The summed E-state index contributed by atoms with van der Waals surface area (Å²) in [5, 5.41) is 9.43. The van der Waals surface area contributed by atoms with Crippen molar-refractivity contribution in [2.45, 2.75) is 39.2 Å². The molecule has 0 radical (unpaired) electrons. The molecule has 3 nitrogen and oxygen atoms in total. The van der Waals surface area contributed by atoms with E-state index in [-0.39, 0.29) is 18.6 Å². The zero-order chi connectivity index (χ0) is 13.1. The van der Waals surface area contributed by atoms with Crippen LogP contribution in [0, 0.1) is 6.92 Å². The van der Waals surface area contributed by atoms with Gasteiger partial charge in [0.25, 0.3) is 0 Å². The van der Waals surface area contributed by atoms with Crippen LogP contribution in [-0.2, 0) is 5.41 Å². The normalized spacial score (nSPS) is 13.5. The average Bonchev–Trinajstić information content (AvgIpc) is 2.24. The van der Waals surface area contributed by atoms with Gasteiger partial charge in [0.05, 0.1) is 0 Å². The zero-order valence-electron chi connectivity index (χ0n) is 11.2. The SMILES string of the molecule is Cc1ccc(C(C)(C)C)c(OCC(O)CN)c1. The van der Waals surface area contributed by atoms with Crippen LogP contribution in [0.5, 0.6) is 5.75 Å². The van der Waals surface area contributed by atoms with Crippen LogP contribution in [0.15, 0.2) is 18.2 Å². The van der Waals surface area contributed by atoms with Crippen LogP contribution in [0.1, 0.15) is 31.9 Å². The van der Waals surface area contributed by atoms with E-state index in [1.165, 1.54) is 0 Å². The van der Waals surface area contributed by atoms with Crippen molar-refractivity contribution in [3.63, 3.8) is 0 Å². The van der Waals surface area contributed by atoms with Gasteiger partial charge in [0.2, 0.25) is 0 Å². The Kier molecular flexibility index (Phi) is 4.54. The molecule has 0 spiro atoms. The van der Waals surface area contributed by atoms with Gasteiger partial charge in [-0.2, -0.15) is 0 Å². The van der Waals surface area contributed by atoms with Crippen molar-refractivity contribution >= 4 is 0 Å². The molecule has 96 valence electrons. The van der Waals surface area contributed by atoms with Crippen molar-refractivity contribution in [1.82, 2.24) is 0 Å². The molecule has 0 fully saturated rings. The van der Waals surface area contributed by atoms with E-state index < -0.39 is 6.10 Å². The fourth-order valence-corrected chi connectivity index (χ4v) is 1.62. The Bertz CT molecular complexity index is 369. The topological polar surface area (TPSA) is 55.5 Å². The van der Waals surface area contributed by atoms with Gasteiger partial charge in [-0.15, -0.1) is 0 Å². The van der Waals surface area contributed by atoms with Crippen LogP contribution in [-0.4, -0.2) is 24.4 Å². The summed E-state index contributed by atoms with van der Waals surface area (Å²) in [4.78, 5) is 0. The Labute approximate surface area is 104 Å². The highest BCUT2D eigenvalue weighted by Crippen LogP contribution is 2.32. The van der Waals surface area contributed by atoms with Gasteiger partial charge in [0.15, 0.2) is 0 Å². The number of nitrogens with two attached hydrogens (primary N) is 1. The first-order chi connectivity index (χ1) is 7.84. The van der Waals surface area contributed by atoms with Gasteiger partial charge in [-0.1, -0.05) is 32.9 Å². The maximum absolute atomic E-state index is 9.43. The lowest BCUT2D eigenvalue weighted by Crippen LogP contribution is -2.27. The van der Waals surface area contributed by atoms with Crippen molar-refractivity contribution in [1.29, 1.82) is 0 Å². The minimum absolute atomic E-state index is 0.0245. The zero-order valence-corrected chi connectivity index (χ0v) is 11.2. The van der Waals surface area contributed by atoms with E-state index in [9.17, 15) is 5.11 Å². The molecule has 1 aromatic carbocycles. The molecule has 0 aliphatic rings. The smallest absolute Gasteiger partial charge is 0.123 e. The number of hydrogen-bond donors (Lipinski definition) is 2. The van der Waals surface area contributed by atoms with Crippen LogP contribution >= 0.6 is 0 Å². The maximum Gasteiger partial charge on any atom is 0.123 e. The second kappa shape index (κ2) is 5.52. The summed E-state index contributed by atoms with van der Waals surface area (Å²) in [5.74, 6) is 0.838. The van der Waals surface area contributed by atoms with Crippen LogP contribution in [0.3, 0.4) is 0 Å². The standard InChI is InChI=1S/C14H23NO2/c1-10-5-6-12(14(2,3)4)13(7-10)17-9-11(16)8-15/h5-7,11,16H,8-9,15H2,1-4H3. The molecule has 3 heteroatoms. The van der Waals surface area contributed by atoms with Gasteiger partial charge >= 0.3 is 0 Å². The molecule has 0 aliphatic carbocycles. The summed E-state index contributed by atoms with van der Waals surface area (Å²) < 4.78 is 5.67. The first-order valence-corrected chi connectivity index (χ1v) is 5.96. The summed E-state index contributed by atoms with van der Waals surface area (Å²) >= 11 is 0. The number of ether oxygens (including phenoxy) is 1. The van der Waals surface area contributed by atoms with E-state index in [0.717, 1.165) is 16.9 Å². The monoisotopic (exact) mass is 237 g/mol. The van der Waals surface area contributed by atoms with E-state index >= 15 is 0 Å². The van der Waals surface area contributed by atoms with Gasteiger partial charge in [0.1, 0.15) is 18.5 Å². The molecule has 0 saturated carbocycles. The Morgan fingerprint density at radius 1 is 1.35 bits per heavy atom. The van der Waals surface area contributed by atoms with Crippen molar-refractivity contribution in [2.24, 2.45) is 5.73 Å². The molecule has 0 amide bonds. The lowest BCUT2D eigenvalue weighted by molar-refractivity contribution is 0.113. The Balaban J connectivity index is 2.92. The number of hydrogen-bond acceptors (Lipinski definition) is 3. The van der Waals surface area contributed by atoms with Crippen LogP contribution in [0.2, 0.25) is 0 Å². The second-order valence-electron chi connectivity index (χ2n) is 5.45. The molecule has 1 rings (SSSR count). The average molecular weight is 237 g/mol. The first kappa shape index (κ1) is 14.0. The molecule has 0 aliphatic heterocycles. The minimum atomic E-state index is -0.608. The molecule has 1 unspecified atom stereocenters. The van der Waals surface area contributed by atoms with Crippen molar-refractivity contribution in [2.75, 3.05) is 13.2 Å². The molecule has 17 heavy (non-hydrogen) atoms. The van der Waals surface area contributed by atoms with Gasteiger partial charge in [-0.25, -0.2) is 0 Å². The van der Waals surface area contributed by atoms with Crippen molar-refractivity contribution in [3.8, 4) is 5.75 Å². The third-order valence-corrected chi connectivity index (χ3v) is 2.65. The van der Waals surface area contributed by atoms with E-state index in [0.29, 0.717) is 0 Å². The highest BCUT2D eigenvalue weighted by atomic mass is 16.5. The van der Waals surface area contributed by atoms with Crippen molar-refractivity contribution in [3.05, 3.63) is 29.3 Å². The summed E-state index contributed by atoms with van der Waals surface area (Å²) in [6, 6.07) is 6.16. The maximum atomic E-state index is 9.43. The van der Waals surface area contributed by atoms with E-state index in [2.05, 4.69) is 32.9 Å². The Morgan fingerprint density at radius 2 is 2.00 bits per heavy atom. The van der Waals surface area contributed by atoms with Gasteiger partial charge < -0.3 is 15.6 Å². The van der Waals surface area contributed by atoms with E-state index in [4.69, 9.17) is 10.5 Å². The van der Waals surface area contributed by atoms with Gasteiger partial charge in [0, 0.05) is 6.54 Å². The van der Waals surface area contributed by atoms with E-state index in [1.54, 1.807) is 0 Å². The molecule has 0 aromatic heterocycles. The fraction of sp³-hybridized carbons (Fsp3) is 0.571. The third-order valence-electron chi connectivity index (χ3n) is 2.65. The summed E-state index contributed by atoms with van der Waals surface area (Å²) in [5.41, 5.74) is 7.68. The highest BCUT2D eigenvalue weighted by molar-refractivity contribution is 5.41. The molecule has 3 N–H and O–H groups in total. The lowest BCUT2D eigenvalue weighted by atomic mass is 9.86. The third kappa shape index (κ3) is 4.02. The predicted octanol–water partition coefficient (Wildman–Crippen LogP) is 1.99. The van der Waals surface area contributed by atoms with E-state index in [1.807, 2.05) is 13.0 Å². The van der Waals surface area contributed by atoms with Crippen LogP contribution < -0.4 is 10.5 Å². The number of aliphatic hydroxyl groups excluding tert-OH is 1. The molecule has 0 bridgehead atoms. The lowest BCUT2D eigenvalue weighted by Gasteiger charge is -2.23. The van der Waals surface area contributed by atoms with Crippen molar-refractivity contribution < 1.29 is 9.84 Å². The summed E-state index contributed by atoms with van der Waals surface area (Å²) in [6.07, 6.45) is -0.608. The number of aryl methyl sites for hydroxylation is 1. The molecular weight excluding hydrogens is 214 g/mol.